The standard InChI is InChI=1S/C37H43N5O/c1-37(2,3)30-14-15-32-34(22-30)42(23-26-7-4-8-26)35(39-32)24-41-19-16-29(17-20-41)31-10-5-11-36(40-31)43-25-27-12-13-28-9-6-18-38-33(28)21-27/h5-6,9-15,18,21-22,26,29H,4,7-8,16-17,19-20,23-25H2,1-3H3. The van der Waals surface area contributed by atoms with Crippen LogP contribution in [0, 0.1) is 5.92 Å². The van der Waals surface area contributed by atoms with Gasteiger partial charge < -0.3 is 9.30 Å². The third-order valence-corrected chi connectivity index (χ3v) is 9.53. The first kappa shape index (κ1) is 28.0. The summed E-state index contributed by atoms with van der Waals surface area (Å²) in [6, 6.07) is 23.5. The highest BCUT2D eigenvalue weighted by Gasteiger charge is 2.26. The second-order valence-electron chi connectivity index (χ2n) is 13.7. The van der Waals surface area contributed by atoms with Crippen molar-refractivity contribution in [2.24, 2.45) is 5.92 Å². The third-order valence-electron chi connectivity index (χ3n) is 9.53. The molecule has 5 aromatic rings. The van der Waals surface area contributed by atoms with Crippen molar-refractivity contribution in [2.45, 2.75) is 83.9 Å². The second-order valence-corrected chi connectivity index (χ2v) is 13.7. The van der Waals surface area contributed by atoms with E-state index in [0.717, 1.165) is 72.6 Å². The van der Waals surface area contributed by atoms with Crippen molar-refractivity contribution >= 4 is 21.9 Å². The molecule has 7 rings (SSSR count). The molecule has 1 saturated heterocycles. The lowest BCUT2D eigenvalue weighted by molar-refractivity contribution is 0.192. The van der Waals surface area contributed by atoms with Gasteiger partial charge in [-0.2, -0.15) is 0 Å². The molecule has 1 saturated carbocycles. The summed E-state index contributed by atoms with van der Waals surface area (Å²) >= 11 is 0. The van der Waals surface area contributed by atoms with Crippen LogP contribution < -0.4 is 4.74 Å². The van der Waals surface area contributed by atoms with Crippen molar-refractivity contribution in [3.63, 3.8) is 0 Å². The molecule has 0 N–H and O–H groups in total. The van der Waals surface area contributed by atoms with E-state index < -0.39 is 0 Å². The van der Waals surface area contributed by atoms with Crippen molar-refractivity contribution in [3.8, 4) is 5.88 Å². The van der Waals surface area contributed by atoms with E-state index in [1.165, 1.54) is 36.2 Å². The van der Waals surface area contributed by atoms with Crippen LogP contribution in [-0.2, 0) is 25.1 Å². The van der Waals surface area contributed by atoms with Crippen LogP contribution in [0.5, 0.6) is 5.88 Å². The highest BCUT2D eigenvalue weighted by Crippen LogP contribution is 2.33. The van der Waals surface area contributed by atoms with Gasteiger partial charge >= 0.3 is 0 Å². The third kappa shape index (κ3) is 6.16. The fourth-order valence-corrected chi connectivity index (χ4v) is 6.58. The second kappa shape index (κ2) is 11.7. The van der Waals surface area contributed by atoms with Gasteiger partial charge in [-0.25, -0.2) is 9.97 Å². The minimum atomic E-state index is 0.131. The number of benzene rings is 2. The maximum absolute atomic E-state index is 6.13. The molecule has 2 aliphatic rings. The number of pyridine rings is 2. The fraction of sp³-hybridized carbons (Fsp3) is 0.432. The molecular formula is C37H43N5O. The highest BCUT2D eigenvalue weighted by atomic mass is 16.5. The summed E-state index contributed by atoms with van der Waals surface area (Å²) in [5, 5.41) is 1.14. The molecule has 0 bridgehead atoms. The van der Waals surface area contributed by atoms with E-state index >= 15 is 0 Å². The molecule has 0 spiro atoms. The maximum Gasteiger partial charge on any atom is 0.213 e. The quantitative estimate of drug-likeness (QED) is 0.188. The first-order valence-electron chi connectivity index (χ1n) is 16.0. The van der Waals surface area contributed by atoms with Gasteiger partial charge in [-0.05, 0) is 91.6 Å². The number of hydrogen-bond acceptors (Lipinski definition) is 5. The Bertz CT molecular complexity index is 1720. The highest BCUT2D eigenvalue weighted by molar-refractivity contribution is 5.79. The van der Waals surface area contributed by atoms with Crippen molar-refractivity contribution in [1.82, 2.24) is 24.4 Å². The number of aromatic nitrogens is 4. The van der Waals surface area contributed by atoms with Crippen LogP contribution in [0.3, 0.4) is 0 Å². The molecule has 6 heteroatoms. The normalized spacial score (nSPS) is 17.0. The summed E-state index contributed by atoms with van der Waals surface area (Å²) < 4.78 is 8.68. The molecule has 0 unspecified atom stereocenters. The summed E-state index contributed by atoms with van der Waals surface area (Å²) in [5.74, 6) is 3.16. The first-order chi connectivity index (χ1) is 20.9. The number of fused-ring (bicyclic) bond motifs is 2. The van der Waals surface area contributed by atoms with Gasteiger partial charge in [-0.15, -0.1) is 0 Å². The van der Waals surface area contributed by atoms with E-state index in [1.54, 1.807) is 0 Å². The lowest BCUT2D eigenvalue weighted by atomic mass is 9.85. The number of rotatable bonds is 8. The number of imidazole rings is 1. The van der Waals surface area contributed by atoms with Gasteiger partial charge in [0, 0.05) is 35.8 Å². The topological polar surface area (TPSA) is 56.1 Å². The smallest absolute Gasteiger partial charge is 0.213 e. The Morgan fingerprint density at radius 1 is 0.860 bits per heavy atom. The van der Waals surface area contributed by atoms with Crippen LogP contribution in [0.4, 0.5) is 0 Å². The number of nitrogens with zero attached hydrogens (tertiary/aromatic N) is 5. The number of likely N-dealkylation sites (tertiary alicyclic amines) is 1. The van der Waals surface area contributed by atoms with Gasteiger partial charge in [-0.1, -0.05) is 57.5 Å². The van der Waals surface area contributed by atoms with Crippen molar-refractivity contribution < 1.29 is 4.74 Å². The molecule has 4 heterocycles. The zero-order valence-electron chi connectivity index (χ0n) is 25.8. The monoisotopic (exact) mass is 573 g/mol. The predicted molar refractivity (Wildman–Crippen MR) is 173 cm³/mol. The summed E-state index contributed by atoms with van der Waals surface area (Å²) in [6.45, 7) is 11.5. The molecule has 1 aliphatic carbocycles. The largest absolute Gasteiger partial charge is 0.473 e. The summed E-state index contributed by atoms with van der Waals surface area (Å²) in [4.78, 5) is 17.2. The zero-order chi connectivity index (χ0) is 29.4. The molecule has 6 nitrogen and oxygen atoms in total. The van der Waals surface area contributed by atoms with Gasteiger partial charge in [0.25, 0.3) is 0 Å². The van der Waals surface area contributed by atoms with Gasteiger partial charge in [0.1, 0.15) is 12.4 Å². The molecule has 2 fully saturated rings. The Kier molecular flexibility index (Phi) is 7.64. The Balaban J connectivity index is 1.00. The van der Waals surface area contributed by atoms with Crippen molar-refractivity contribution in [1.29, 1.82) is 0 Å². The minimum Gasteiger partial charge on any atom is -0.473 e. The minimum absolute atomic E-state index is 0.131. The van der Waals surface area contributed by atoms with Gasteiger partial charge in [0.05, 0.1) is 23.1 Å². The van der Waals surface area contributed by atoms with E-state index in [9.17, 15) is 0 Å². The Labute approximate surface area is 255 Å². The number of hydrogen-bond donors (Lipinski definition) is 0. The van der Waals surface area contributed by atoms with Crippen LogP contribution in [0.2, 0.25) is 0 Å². The summed E-state index contributed by atoms with van der Waals surface area (Å²) in [6.07, 6.45) is 8.09. The number of piperidine rings is 1. The van der Waals surface area contributed by atoms with Crippen LogP contribution in [-0.4, -0.2) is 37.5 Å². The summed E-state index contributed by atoms with van der Waals surface area (Å²) in [5.41, 5.74) is 7.20. The Morgan fingerprint density at radius 2 is 1.72 bits per heavy atom. The van der Waals surface area contributed by atoms with Gasteiger partial charge in [-0.3, -0.25) is 9.88 Å². The van der Waals surface area contributed by atoms with E-state index in [-0.39, 0.29) is 5.41 Å². The van der Waals surface area contributed by atoms with Crippen molar-refractivity contribution in [3.05, 3.63) is 95.6 Å². The molecule has 222 valence electrons. The number of ether oxygens (including phenoxy) is 1. The molecule has 3 aromatic heterocycles. The fourth-order valence-electron chi connectivity index (χ4n) is 6.58. The molecule has 1 aliphatic heterocycles. The lowest BCUT2D eigenvalue weighted by Gasteiger charge is -2.32. The first-order valence-corrected chi connectivity index (χ1v) is 16.0. The SMILES string of the molecule is CC(C)(C)c1ccc2nc(CN3CCC(c4cccc(OCc5ccc6cccnc6c5)n4)CC3)n(CC3CCC3)c2c1. The van der Waals surface area contributed by atoms with E-state index in [4.69, 9.17) is 14.7 Å². The van der Waals surface area contributed by atoms with Crippen LogP contribution in [0.1, 0.15) is 81.4 Å². The van der Waals surface area contributed by atoms with Crippen LogP contribution >= 0.6 is 0 Å². The molecule has 0 radical (unpaired) electrons. The Hall–Kier alpha value is -3.77. The molecule has 0 atom stereocenters. The lowest BCUT2D eigenvalue weighted by Crippen LogP contribution is -2.34. The van der Waals surface area contributed by atoms with E-state index in [0.29, 0.717) is 18.4 Å². The van der Waals surface area contributed by atoms with Crippen molar-refractivity contribution in [2.75, 3.05) is 13.1 Å². The average molecular weight is 574 g/mol. The van der Waals surface area contributed by atoms with Crippen LogP contribution in [0.15, 0.2) is 72.9 Å². The molecule has 2 aromatic carbocycles. The molecule has 43 heavy (non-hydrogen) atoms. The van der Waals surface area contributed by atoms with E-state index in [2.05, 4.69) is 89.8 Å². The zero-order valence-corrected chi connectivity index (χ0v) is 25.8. The van der Waals surface area contributed by atoms with E-state index in [1.807, 2.05) is 18.3 Å². The van der Waals surface area contributed by atoms with Crippen LogP contribution in [0.25, 0.3) is 21.9 Å². The van der Waals surface area contributed by atoms with Gasteiger partial charge in [0.15, 0.2) is 0 Å². The van der Waals surface area contributed by atoms with Gasteiger partial charge in [0.2, 0.25) is 5.88 Å². The predicted octanol–water partition coefficient (Wildman–Crippen LogP) is 8.04. The molecular weight excluding hydrogens is 530 g/mol. The molecule has 0 amide bonds. The maximum atomic E-state index is 6.13. The average Bonchev–Trinajstić information content (AvgIpc) is 3.33. The Morgan fingerprint density at radius 3 is 2.51 bits per heavy atom. The summed E-state index contributed by atoms with van der Waals surface area (Å²) in [7, 11) is 0.